The molecule has 1 fully saturated rings. The van der Waals surface area contributed by atoms with Gasteiger partial charge in [0.1, 0.15) is 0 Å². The van der Waals surface area contributed by atoms with E-state index in [1.807, 2.05) is 24.3 Å². The summed E-state index contributed by atoms with van der Waals surface area (Å²) in [5.41, 5.74) is 0.729. The largest absolute Gasteiger partial charge is 0.352 e. The normalized spacial score (nSPS) is 23.7. The quantitative estimate of drug-likeness (QED) is 0.898. The molecule has 0 heterocycles. The second-order valence-electron chi connectivity index (χ2n) is 5.24. The van der Waals surface area contributed by atoms with E-state index in [-0.39, 0.29) is 5.91 Å². The van der Waals surface area contributed by atoms with E-state index in [2.05, 4.69) is 28.2 Å². The van der Waals surface area contributed by atoms with E-state index in [1.165, 1.54) is 25.7 Å². The zero-order valence-corrected chi connectivity index (χ0v) is 12.4. The van der Waals surface area contributed by atoms with Gasteiger partial charge in [-0.2, -0.15) is 0 Å². The molecule has 2 rings (SSSR count). The highest BCUT2D eigenvalue weighted by Crippen LogP contribution is 2.28. The van der Waals surface area contributed by atoms with Crippen LogP contribution in [-0.2, 0) is 0 Å². The van der Waals surface area contributed by atoms with E-state index >= 15 is 0 Å². The lowest BCUT2D eigenvalue weighted by molar-refractivity contribution is 0.0936. The van der Waals surface area contributed by atoms with Crippen LogP contribution in [0, 0.1) is 11.8 Å². The first-order valence-electron chi connectivity index (χ1n) is 6.70. The van der Waals surface area contributed by atoms with E-state index in [0.717, 1.165) is 22.5 Å². The summed E-state index contributed by atoms with van der Waals surface area (Å²) in [4.78, 5) is 12.0. The monoisotopic (exact) mass is 309 g/mol. The summed E-state index contributed by atoms with van der Waals surface area (Å²) in [7, 11) is 0. The number of hydrogen-bond donors (Lipinski definition) is 1. The van der Waals surface area contributed by atoms with E-state index in [0.29, 0.717) is 5.92 Å². The molecule has 0 saturated heterocycles. The fourth-order valence-corrected chi connectivity index (χ4v) is 3.05. The van der Waals surface area contributed by atoms with Crippen LogP contribution < -0.4 is 5.32 Å². The maximum atomic E-state index is 12.0. The molecule has 2 nitrogen and oxygen atoms in total. The third-order valence-electron chi connectivity index (χ3n) is 3.90. The van der Waals surface area contributed by atoms with Crippen LogP contribution in [0.5, 0.6) is 0 Å². The molecule has 1 saturated carbocycles. The number of carbonyl (C=O) groups excluding carboxylic acids is 1. The average molecular weight is 310 g/mol. The van der Waals surface area contributed by atoms with Gasteiger partial charge in [0.25, 0.3) is 5.91 Å². The van der Waals surface area contributed by atoms with Crippen molar-refractivity contribution in [1.82, 2.24) is 5.32 Å². The first-order valence-corrected chi connectivity index (χ1v) is 7.50. The summed E-state index contributed by atoms with van der Waals surface area (Å²) in [6, 6.07) is 7.53. The lowest BCUT2D eigenvalue weighted by Crippen LogP contribution is -2.33. The number of benzene rings is 1. The predicted molar refractivity (Wildman–Crippen MR) is 77.6 cm³/mol. The van der Waals surface area contributed by atoms with Crippen molar-refractivity contribution in [3.05, 3.63) is 34.3 Å². The standard InChI is InChI=1S/C15H20BrNO/c1-11-5-2-3-6-13(11)10-17-15(18)12-7-4-8-14(16)9-12/h4,7-9,11,13H,2-3,5-6,10H2,1H3,(H,17,18). The molecule has 2 atom stereocenters. The Kier molecular flexibility index (Phi) is 4.81. The third-order valence-corrected chi connectivity index (χ3v) is 4.39. The second-order valence-corrected chi connectivity index (χ2v) is 6.16. The topological polar surface area (TPSA) is 29.1 Å². The maximum Gasteiger partial charge on any atom is 0.251 e. The molecule has 1 aliphatic carbocycles. The number of nitrogens with one attached hydrogen (secondary N) is 1. The van der Waals surface area contributed by atoms with Crippen molar-refractivity contribution in [3.8, 4) is 0 Å². The summed E-state index contributed by atoms with van der Waals surface area (Å²) in [6.45, 7) is 3.11. The van der Waals surface area contributed by atoms with Crippen LogP contribution in [0.25, 0.3) is 0 Å². The van der Waals surface area contributed by atoms with E-state index in [1.54, 1.807) is 0 Å². The van der Waals surface area contributed by atoms with Gasteiger partial charge >= 0.3 is 0 Å². The van der Waals surface area contributed by atoms with Gasteiger partial charge in [0.05, 0.1) is 0 Å². The van der Waals surface area contributed by atoms with Gasteiger partial charge in [-0.25, -0.2) is 0 Å². The van der Waals surface area contributed by atoms with Crippen LogP contribution in [0.3, 0.4) is 0 Å². The Morgan fingerprint density at radius 1 is 1.39 bits per heavy atom. The fourth-order valence-electron chi connectivity index (χ4n) is 2.65. The zero-order valence-electron chi connectivity index (χ0n) is 10.8. The molecule has 98 valence electrons. The molecule has 3 heteroatoms. The Labute approximate surface area is 117 Å². The van der Waals surface area contributed by atoms with Crippen molar-refractivity contribution in [1.29, 1.82) is 0 Å². The minimum absolute atomic E-state index is 0.0362. The Bertz CT molecular complexity index is 419. The van der Waals surface area contributed by atoms with Crippen LogP contribution in [-0.4, -0.2) is 12.5 Å². The summed E-state index contributed by atoms with van der Waals surface area (Å²) < 4.78 is 0.946. The Balaban J connectivity index is 1.88. The molecule has 0 aliphatic heterocycles. The first-order chi connectivity index (χ1) is 8.66. The highest BCUT2D eigenvalue weighted by Gasteiger charge is 2.21. The molecule has 18 heavy (non-hydrogen) atoms. The van der Waals surface area contributed by atoms with Gasteiger partial charge in [0, 0.05) is 16.6 Å². The Hall–Kier alpha value is -0.830. The smallest absolute Gasteiger partial charge is 0.251 e. The van der Waals surface area contributed by atoms with Gasteiger partial charge < -0.3 is 5.32 Å². The highest BCUT2D eigenvalue weighted by molar-refractivity contribution is 9.10. The molecular formula is C15H20BrNO. The molecule has 0 spiro atoms. The minimum atomic E-state index is 0.0362. The Morgan fingerprint density at radius 2 is 2.17 bits per heavy atom. The van der Waals surface area contributed by atoms with E-state index in [9.17, 15) is 4.79 Å². The van der Waals surface area contributed by atoms with Crippen molar-refractivity contribution in [2.75, 3.05) is 6.54 Å². The molecule has 1 aliphatic rings. The SMILES string of the molecule is CC1CCCCC1CNC(=O)c1cccc(Br)c1. The van der Waals surface area contributed by atoms with Gasteiger partial charge in [0.15, 0.2) is 0 Å². The maximum absolute atomic E-state index is 12.0. The van der Waals surface area contributed by atoms with Crippen molar-refractivity contribution in [2.45, 2.75) is 32.6 Å². The molecule has 1 aromatic rings. The van der Waals surface area contributed by atoms with Crippen molar-refractivity contribution >= 4 is 21.8 Å². The summed E-state index contributed by atoms with van der Waals surface area (Å²) in [5.74, 6) is 1.42. The molecule has 1 N–H and O–H groups in total. The molecule has 1 amide bonds. The second kappa shape index (κ2) is 6.37. The molecule has 2 unspecified atom stereocenters. The van der Waals surface area contributed by atoms with Gasteiger partial charge in [-0.15, -0.1) is 0 Å². The lowest BCUT2D eigenvalue weighted by atomic mass is 9.80. The molecule has 0 bridgehead atoms. The number of carbonyl (C=O) groups is 1. The van der Waals surface area contributed by atoms with Crippen molar-refractivity contribution in [2.24, 2.45) is 11.8 Å². The van der Waals surface area contributed by atoms with Crippen molar-refractivity contribution in [3.63, 3.8) is 0 Å². The van der Waals surface area contributed by atoms with Gasteiger partial charge in [-0.3, -0.25) is 4.79 Å². The number of amides is 1. The molecule has 0 radical (unpaired) electrons. The molecule has 0 aromatic heterocycles. The summed E-state index contributed by atoms with van der Waals surface area (Å²) in [6.07, 6.45) is 5.20. The lowest BCUT2D eigenvalue weighted by Gasteiger charge is -2.28. The van der Waals surface area contributed by atoms with Crippen LogP contribution in [0.1, 0.15) is 43.0 Å². The van der Waals surface area contributed by atoms with Gasteiger partial charge in [-0.1, -0.05) is 48.2 Å². The van der Waals surface area contributed by atoms with Crippen LogP contribution in [0.2, 0.25) is 0 Å². The van der Waals surface area contributed by atoms with Crippen LogP contribution >= 0.6 is 15.9 Å². The first kappa shape index (κ1) is 13.6. The number of hydrogen-bond acceptors (Lipinski definition) is 1. The molecule has 1 aromatic carbocycles. The zero-order chi connectivity index (χ0) is 13.0. The predicted octanol–water partition coefficient (Wildman–Crippen LogP) is 4.01. The third kappa shape index (κ3) is 3.58. The van der Waals surface area contributed by atoms with Crippen LogP contribution in [0.15, 0.2) is 28.7 Å². The minimum Gasteiger partial charge on any atom is -0.352 e. The van der Waals surface area contributed by atoms with Crippen LogP contribution in [0.4, 0.5) is 0 Å². The number of halogens is 1. The van der Waals surface area contributed by atoms with Gasteiger partial charge in [-0.05, 0) is 36.5 Å². The Morgan fingerprint density at radius 3 is 2.89 bits per heavy atom. The fraction of sp³-hybridized carbons (Fsp3) is 0.533. The van der Waals surface area contributed by atoms with Gasteiger partial charge in [0.2, 0.25) is 0 Å². The van der Waals surface area contributed by atoms with E-state index in [4.69, 9.17) is 0 Å². The summed E-state index contributed by atoms with van der Waals surface area (Å²) in [5, 5.41) is 3.07. The van der Waals surface area contributed by atoms with Crippen molar-refractivity contribution < 1.29 is 4.79 Å². The highest BCUT2D eigenvalue weighted by atomic mass is 79.9. The summed E-state index contributed by atoms with van der Waals surface area (Å²) >= 11 is 3.39. The molecular weight excluding hydrogens is 290 g/mol. The van der Waals surface area contributed by atoms with E-state index < -0.39 is 0 Å². The number of rotatable bonds is 3. The average Bonchev–Trinajstić information content (AvgIpc) is 2.37.